The van der Waals surface area contributed by atoms with Crippen molar-refractivity contribution in [2.45, 2.75) is 70.9 Å². The maximum atomic E-state index is 11.7. The summed E-state index contributed by atoms with van der Waals surface area (Å²) < 4.78 is 5.18. The van der Waals surface area contributed by atoms with E-state index in [2.05, 4.69) is 12.2 Å². The van der Waals surface area contributed by atoms with Gasteiger partial charge in [0.25, 0.3) is 0 Å². The van der Waals surface area contributed by atoms with Crippen molar-refractivity contribution in [2.75, 3.05) is 0 Å². The summed E-state index contributed by atoms with van der Waals surface area (Å²) in [5.74, 6) is 0.274. The summed E-state index contributed by atoms with van der Waals surface area (Å²) in [6, 6.07) is -0.516. The standard InChI is InChI=1S/C15H26NO3/c1-11(17)13(10-12-8-6-5-7-9-12)16-14(18)19-15(2,3)4/h12-13H,1,5-10H2,2-4H3,(H,16,18). The molecule has 0 saturated heterocycles. The average Bonchev–Trinajstić information content (AvgIpc) is 2.26. The zero-order chi connectivity index (χ0) is 14.5. The normalized spacial score (nSPS) is 18.7. The third-order valence-electron chi connectivity index (χ3n) is 3.37. The third kappa shape index (κ3) is 6.60. The van der Waals surface area contributed by atoms with Crippen molar-refractivity contribution in [2.24, 2.45) is 5.92 Å². The predicted octanol–water partition coefficient (Wildman–Crippen LogP) is 3.25. The average molecular weight is 268 g/mol. The van der Waals surface area contributed by atoms with E-state index in [9.17, 15) is 9.59 Å². The maximum Gasteiger partial charge on any atom is 0.408 e. The van der Waals surface area contributed by atoms with Crippen LogP contribution in [0, 0.1) is 12.8 Å². The fourth-order valence-corrected chi connectivity index (χ4v) is 2.48. The van der Waals surface area contributed by atoms with Crippen LogP contribution < -0.4 is 5.32 Å². The largest absolute Gasteiger partial charge is 0.444 e. The molecule has 0 aromatic carbocycles. The summed E-state index contributed by atoms with van der Waals surface area (Å²) in [5, 5.41) is 2.65. The molecule has 0 spiro atoms. The van der Waals surface area contributed by atoms with Crippen molar-refractivity contribution in [3.8, 4) is 0 Å². The lowest BCUT2D eigenvalue weighted by Gasteiger charge is -2.27. The monoisotopic (exact) mass is 268 g/mol. The molecule has 4 heteroatoms. The molecular weight excluding hydrogens is 242 g/mol. The first kappa shape index (κ1) is 16.0. The molecule has 1 N–H and O–H groups in total. The number of alkyl carbamates (subject to hydrolysis) is 1. The van der Waals surface area contributed by atoms with Crippen molar-refractivity contribution >= 4 is 11.9 Å². The number of carbonyl (C=O) groups excluding carboxylic acids is 2. The van der Waals surface area contributed by atoms with Gasteiger partial charge in [-0.05, 0) is 33.1 Å². The smallest absolute Gasteiger partial charge is 0.408 e. The molecule has 4 nitrogen and oxygen atoms in total. The summed E-state index contributed by atoms with van der Waals surface area (Å²) in [7, 11) is 0. The van der Waals surface area contributed by atoms with E-state index < -0.39 is 17.7 Å². The van der Waals surface area contributed by atoms with E-state index in [1.165, 1.54) is 19.3 Å². The molecule has 0 aromatic rings. The molecule has 1 aliphatic rings. The predicted molar refractivity (Wildman–Crippen MR) is 74.7 cm³/mol. The highest BCUT2D eigenvalue weighted by Gasteiger charge is 2.25. The Balaban J connectivity index is 2.48. The number of ether oxygens (including phenoxy) is 1. The van der Waals surface area contributed by atoms with Crippen molar-refractivity contribution < 1.29 is 14.3 Å². The van der Waals surface area contributed by atoms with Crippen LogP contribution in [0.5, 0.6) is 0 Å². The summed E-state index contributed by atoms with van der Waals surface area (Å²) in [4.78, 5) is 23.2. The number of hydrogen-bond acceptors (Lipinski definition) is 3. The van der Waals surface area contributed by atoms with Gasteiger partial charge in [-0.15, -0.1) is 0 Å². The van der Waals surface area contributed by atoms with Crippen molar-refractivity contribution in [1.29, 1.82) is 0 Å². The highest BCUT2D eigenvalue weighted by molar-refractivity contribution is 5.90. The molecule has 1 aliphatic carbocycles. The van der Waals surface area contributed by atoms with Crippen LogP contribution in [-0.2, 0) is 9.53 Å². The van der Waals surface area contributed by atoms with Gasteiger partial charge in [0.15, 0.2) is 5.78 Å². The molecule has 0 aliphatic heterocycles. The Morgan fingerprint density at radius 3 is 2.32 bits per heavy atom. The Labute approximate surface area is 116 Å². The van der Waals surface area contributed by atoms with Gasteiger partial charge in [-0.25, -0.2) is 4.79 Å². The molecule has 1 saturated carbocycles. The summed E-state index contributed by atoms with van der Waals surface area (Å²) in [6.07, 6.45) is 6.13. The summed E-state index contributed by atoms with van der Waals surface area (Å²) in [5.41, 5.74) is -0.552. The second kappa shape index (κ2) is 6.92. The van der Waals surface area contributed by atoms with Crippen LogP contribution in [0.4, 0.5) is 4.79 Å². The van der Waals surface area contributed by atoms with Crippen LogP contribution in [0.15, 0.2) is 0 Å². The van der Waals surface area contributed by atoms with Crippen LogP contribution in [0.1, 0.15) is 59.3 Å². The first-order chi connectivity index (χ1) is 8.78. The van der Waals surface area contributed by atoms with E-state index >= 15 is 0 Å². The topological polar surface area (TPSA) is 55.4 Å². The van der Waals surface area contributed by atoms with Gasteiger partial charge in [0.05, 0.1) is 6.04 Å². The second-order valence-electron chi connectivity index (χ2n) is 6.40. The van der Waals surface area contributed by atoms with E-state index in [1.807, 2.05) is 0 Å². The quantitative estimate of drug-likeness (QED) is 0.851. The minimum absolute atomic E-state index is 0.239. The highest BCUT2D eigenvalue weighted by Crippen LogP contribution is 2.27. The van der Waals surface area contributed by atoms with Gasteiger partial charge >= 0.3 is 6.09 Å². The molecule has 1 unspecified atom stereocenters. The molecule has 109 valence electrons. The van der Waals surface area contributed by atoms with E-state index in [0.29, 0.717) is 12.3 Å². The number of nitrogens with one attached hydrogen (secondary N) is 1. The maximum absolute atomic E-state index is 11.7. The van der Waals surface area contributed by atoms with E-state index in [1.54, 1.807) is 20.8 Å². The van der Waals surface area contributed by atoms with Gasteiger partial charge in [-0.1, -0.05) is 32.1 Å². The lowest BCUT2D eigenvalue weighted by molar-refractivity contribution is -0.117. The molecule has 1 amide bonds. The number of hydrogen-bond donors (Lipinski definition) is 1. The Hall–Kier alpha value is -1.06. The van der Waals surface area contributed by atoms with Crippen molar-refractivity contribution in [1.82, 2.24) is 5.32 Å². The van der Waals surface area contributed by atoms with Gasteiger partial charge in [0, 0.05) is 6.92 Å². The molecule has 1 atom stereocenters. The first-order valence-corrected chi connectivity index (χ1v) is 7.13. The number of amides is 1. The number of rotatable bonds is 4. The van der Waals surface area contributed by atoms with Gasteiger partial charge in [-0.3, -0.25) is 4.79 Å². The molecule has 0 heterocycles. The molecule has 0 bridgehead atoms. The number of carbonyl (C=O) groups is 2. The number of Topliss-reactive ketones (excluding diaryl/α,β-unsaturated/α-hetero) is 1. The number of ketones is 1. The highest BCUT2D eigenvalue weighted by atomic mass is 16.6. The molecular formula is C15H26NO3. The SMILES string of the molecule is [CH2]C(=O)C(CC1CCCCC1)NC(=O)OC(C)(C)C. The first-order valence-electron chi connectivity index (χ1n) is 7.13. The van der Waals surface area contributed by atoms with Crippen LogP contribution in [0.3, 0.4) is 0 Å². The minimum Gasteiger partial charge on any atom is -0.444 e. The molecule has 19 heavy (non-hydrogen) atoms. The molecule has 1 radical (unpaired) electrons. The lowest BCUT2D eigenvalue weighted by atomic mass is 9.84. The summed E-state index contributed by atoms with van der Waals surface area (Å²) >= 11 is 0. The van der Waals surface area contributed by atoms with Crippen LogP contribution in [-0.4, -0.2) is 23.5 Å². The van der Waals surface area contributed by atoms with Gasteiger partial charge in [0.2, 0.25) is 0 Å². The lowest BCUT2D eigenvalue weighted by Crippen LogP contribution is -2.43. The van der Waals surface area contributed by atoms with Gasteiger partial charge in [-0.2, -0.15) is 0 Å². The van der Waals surface area contributed by atoms with Gasteiger partial charge < -0.3 is 10.1 Å². The third-order valence-corrected chi connectivity index (χ3v) is 3.37. The second-order valence-corrected chi connectivity index (χ2v) is 6.40. The molecule has 1 rings (SSSR count). The van der Waals surface area contributed by atoms with Crippen molar-refractivity contribution in [3.05, 3.63) is 6.92 Å². The fraction of sp³-hybridized carbons (Fsp3) is 0.800. The van der Waals surface area contributed by atoms with Crippen molar-refractivity contribution in [3.63, 3.8) is 0 Å². The van der Waals surface area contributed by atoms with Crippen LogP contribution in [0.2, 0.25) is 0 Å². The Morgan fingerprint density at radius 1 is 1.26 bits per heavy atom. The zero-order valence-electron chi connectivity index (χ0n) is 12.3. The van der Waals surface area contributed by atoms with E-state index in [0.717, 1.165) is 12.8 Å². The fourth-order valence-electron chi connectivity index (χ4n) is 2.48. The Bertz CT molecular complexity index is 314. The minimum atomic E-state index is -0.552. The van der Waals surface area contributed by atoms with Crippen LogP contribution in [0.25, 0.3) is 0 Å². The Morgan fingerprint density at radius 2 is 1.84 bits per heavy atom. The zero-order valence-corrected chi connectivity index (χ0v) is 12.3. The van der Waals surface area contributed by atoms with Crippen LogP contribution >= 0.6 is 0 Å². The molecule has 1 fully saturated rings. The van der Waals surface area contributed by atoms with Gasteiger partial charge in [0.1, 0.15) is 5.60 Å². The Kier molecular flexibility index (Phi) is 5.83. The van der Waals surface area contributed by atoms with E-state index in [4.69, 9.17) is 4.74 Å². The summed E-state index contributed by atoms with van der Waals surface area (Å²) in [6.45, 7) is 8.85. The molecule has 0 aromatic heterocycles. The van der Waals surface area contributed by atoms with E-state index in [-0.39, 0.29) is 5.78 Å².